The summed E-state index contributed by atoms with van der Waals surface area (Å²) in [5.41, 5.74) is 8.08. The van der Waals surface area contributed by atoms with Crippen LogP contribution in [0.25, 0.3) is 38.8 Å². The molecule has 0 saturated carbocycles. The number of aromatic hydroxyl groups is 1. The summed E-state index contributed by atoms with van der Waals surface area (Å²) in [6.07, 6.45) is 6.81. The van der Waals surface area contributed by atoms with Crippen LogP contribution in [0.2, 0.25) is 0 Å². The molecule has 6 rings (SSSR count). The van der Waals surface area contributed by atoms with Gasteiger partial charge in [-0.3, -0.25) is 5.10 Å². The van der Waals surface area contributed by atoms with Crippen LogP contribution in [-0.2, 0) is 12.8 Å². The minimum Gasteiger partial charge on any atom is -0.508 e. The van der Waals surface area contributed by atoms with Crippen LogP contribution in [0.15, 0.2) is 52.7 Å². The Morgan fingerprint density at radius 2 is 1.75 bits per heavy atom. The second-order valence-electron chi connectivity index (χ2n) is 8.47. The van der Waals surface area contributed by atoms with Crippen molar-refractivity contribution < 1.29 is 10.2 Å². The first-order chi connectivity index (χ1) is 15.7. The Balaban J connectivity index is 1.61. The van der Waals surface area contributed by atoms with E-state index in [1.54, 1.807) is 12.1 Å². The summed E-state index contributed by atoms with van der Waals surface area (Å²) in [4.78, 5) is 5.10. The molecule has 3 N–H and O–H groups in total. The normalized spacial score (nSPS) is 17.8. The molecule has 4 aromatic rings. The molecule has 0 spiro atoms. The number of nitrogens with one attached hydrogen (secondary N) is 1. The summed E-state index contributed by atoms with van der Waals surface area (Å²) < 4.78 is 0. The van der Waals surface area contributed by atoms with Crippen LogP contribution in [0, 0.1) is 0 Å². The molecule has 1 aliphatic heterocycles. The number of rotatable bonds is 4. The first-order valence-electron chi connectivity index (χ1n) is 11.1. The van der Waals surface area contributed by atoms with Crippen molar-refractivity contribution in [1.82, 2.24) is 15.2 Å². The van der Waals surface area contributed by atoms with Gasteiger partial charge in [0.25, 0.3) is 0 Å². The maximum absolute atomic E-state index is 9.73. The third-order valence-corrected chi connectivity index (χ3v) is 6.47. The Morgan fingerprint density at radius 3 is 2.56 bits per heavy atom. The number of phenols is 1. The Kier molecular flexibility index (Phi) is 4.50. The molecular formula is C25H23N5O2. The molecule has 1 atom stereocenters. The van der Waals surface area contributed by atoms with Gasteiger partial charge in [-0.1, -0.05) is 0 Å². The van der Waals surface area contributed by atoms with E-state index < -0.39 is 0 Å². The number of benzene rings is 2. The molecule has 160 valence electrons. The van der Waals surface area contributed by atoms with E-state index in [-0.39, 0.29) is 18.4 Å². The number of aliphatic hydroxyl groups excluding tert-OH is 1. The molecule has 2 aromatic carbocycles. The number of aryl methyl sites for hydroxylation is 1. The zero-order valence-electron chi connectivity index (χ0n) is 17.5. The van der Waals surface area contributed by atoms with Gasteiger partial charge in [0.1, 0.15) is 17.1 Å². The predicted molar refractivity (Wildman–Crippen MR) is 123 cm³/mol. The Hall–Kier alpha value is -3.58. The van der Waals surface area contributed by atoms with Crippen molar-refractivity contribution in [2.24, 2.45) is 10.2 Å². The summed E-state index contributed by atoms with van der Waals surface area (Å²) in [6, 6.07) is 11.3. The van der Waals surface area contributed by atoms with Crippen molar-refractivity contribution in [3.63, 3.8) is 0 Å². The zero-order chi connectivity index (χ0) is 21.7. The second-order valence-corrected chi connectivity index (χ2v) is 8.47. The highest BCUT2D eigenvalue weighted by Crippen LogP contribution is 2.40. The molecule has 0 radical (unpaired) electrons. The topological polar surface area (TPSA) is 107 Å². The van der Waals surface area contributed by atoms with Crippen molar-refractivity contribution in [2.45, 2.75) is 38.1 Å². The van der Waals surface area contributed by atoms with E-state index in [2.05, 4.69) is 26.5 Å². The van der Waals surface area contributed by atoms with E-state index in [1.807, 2.05) is 24.3 Å². The van der Waals surface area contributed by atoms with Crippen LogP contribution < -0.4 is 0 Å². The van der Waals surface area contributed by atoms with E-state index >= 15 is 0 Å². The number of fused-ring (bicyclic) bond motifs is 5. The fraction of sp³-hybridized carbons (Fsp3) is 0.280. The van der Waals surface area contributed by atoms with Gasteiger partial charge in [-0.25, -0.2) is 4.98 Å². The van der Waals surface area contributed by atoms with Crippen LogP contribution in [0.1, 0.15) is 36.1 Å². The molecule has 2 aliphatic rings. The number of nitrogens with zero attached hydrogens (tertiary/aromatic N) is 4. The molecule has 7 heteroatoms. The summed E-state index contributed by atoms with van der Waals surface area (Å²) in [6.45, 7) is 0.0785. The number of H-pyrrole nitrogens is 1. The van der Waals surface area contributed by atoms with Gasteiger partial charge in [-0.15, -0.1) is 0 Å². The maximum Gasteiger partial charge on any atom is 0.121 e. The largest absolute Gasteiger partial charge is 0.508 e. The van der Waals surface area contributed by atoms with Gasteiger partial charge in [-0.05, 0) is 85.7 Å². The molecular weight excluding hydrogens is 402 g/mol. The van der Waals surface area contributed by atoms with E-state index in [9.17, 15) is 10.2 Å². The zero-order valence-corrected chi connectivity index (χ0v) is 17.5. The average Bonchev–Trinajstić information content (AvgIpc) is 3.46. The number of phenolic OH excluding ortho intramolecular Hbond substituents is 1. The van der Waals surface area contributed by atoms with Gasteiger partial charge < -0.3 is 10.2 Å². The number of hydrogen-bond acceptors (Lipinski definition) is 6. The van der Waals surface area contributed by atoms with Crippen LogP contribution in [0.4, 0.5) is 0 Å². The molecule has 1 unspecified atom stereocenters. The Bertz CT molecular complexity index is 1400. The minimum atomic E-state index is -0.107. The maximum atomic E-state index is 9.73. The van der Waals surface area contributed by atoms with Crippen molar-refractivity contribution in [2.75, 3.05) is 6.61 Å². The quantitative estimate of drug-likeness (QED) is 0.431. The molecule has 3 heterocycles. The van der Waals surface area contributed by atoms with Crippen LogP contribution in [0.3, 0.4) is 0 Å². The highest BCUT2D eigenvalue weighted by atomic mass is 16.3. The fourth-order valence-electron chi connectivity index (χ4n) is 4.96. The third kappa shape index (κ3) is 3.00. The van der Waals surface area contributed by atoms with E-state index in [1.165, 1.54) is 11.1 Å². The molecule has 1 aliphatic carbocycles. The second kappa shape index (κ2) is 7.53. The number of azo groups is 1. The summed E-state index contributed by atoms with van der Waals surface area (Å²) in [7, 11) is 0. The summed E-state index contributed by atoms with van der Waals surface area (Å²) in [5.74, 6) is 0.256. The first kappa shape index (κ1) is 19.1. The van der Waals surface area contributed by atoms with Gasteiger partial charge >= 0.3 is 0 Å². The van der Waals surface area contributed by atoms with Gasteiger partial charge in [0.05, 0.1) is 22.8 Å². The molecule has 0 amide bonds. The number of aromatic nitrogens is 3. The minimum absolute atomic E-state index is 0.0785. The monoisotopic (exact) mass is 425 g/mol. The SMILES string of the molecule is OCCC1C=C(c2n[nH]c3ccc4nc(-c5ccc(O)cc5)c5c(c4c23)CCCC5)N=N1. The third-order valence-electron chi connectivity index (χ3n) is 6.47. The van der Waals surface area contributed by atoms with Gasteiger partial charge in [0.15, 0.2) is 0 Å². The summed E-state index contributed by atoms with van der Waals surface area (Å²) in [5, 5.41) is 37.6. The van der Waals surface area contributed by atoms with Crippen LogP contribution >= 0.6 is 0 Å². The molecule has 0 saturated heterocycles. The summed E-state index contributed by atoms with van der Waals surface area (Å²) >= 11 is 0. The Morgan fingerprint density at radius 1 is 0.938 bits per heavy atom. The lowest BCUT2D eigenvalue weighted by Gasteiger charge is -2.22. The van der Waals surface area contributed by atoms with E-state index in [0.29, 0.717) is 6.42 Å². The van der Waals surface area contributed by atoms with Crippen molar-refractivity contribution >= 4 is 27.5 Å². The highest BCUT2D eigenvalue weighted by molar-refractivity contribution is 6.12. The van der Waals surface area contributed by atoms with Crippen molar-refractivity contribution in [1.29, 1.82) is 0 Å². The van der Waals surface area contributed by atoms with Gasteiger partial charge in [-0.2, -0.15) is 15.3 Å². The number of aromatic amines is 1. The number of aliphatic hydroxyl groups is 1. The van der Waals surface area contributed by atoms with E-state index in [4.69, 9.17) is 4.98 Å². The van der Waals surface area contributed by atoms with Crippen LogP contribution in [0.5, 0.6) is 5.75 Å². The Labute approximate surface area is 184 Å². The standard InChI is InChI=1S/C25H23N5O2/c31-12-11-15-13-21(29-27-15)25-23-20(28-30-25)10-9-19-22(23)17-3-1-2-4-18(17)24(26-19)14-5-7-16(32)8-6-14/h5-10,13,15,31-32H,1-4,11-12H2,(H,28,30). The van der Waals surface area contributed by atoms with Crippen molar-refractivity contribution in [3.05, 3.63) is 59.3 Å². The lowest BCUT2D eigenvalue weighted by molar-refractivity contribution is 0.283. The molecule has 0 bridgehead atoms. The lowest BCUT2D eigenvalue weighted by Crippen LogP contribution is -2.08. The van der Waals surface area contributed by atoms with E-state index in [0.717, 1.165) is 70.1 Å². The van der Waals surface area contributed by atoms with Crippen molar-refractivity contribution in [3.8, 4) is 17.0 Å². The average molecular weight is 425 g/mol. The fourth-order valence-corrected chi connectivity index (χ4v) is 4.96. The van der Waals surface area contributed by atoms with Crippen LogP contribution in [-0.4, -0.2) is 38.0 Å². The van der Waals surface area contributed by atoms with Gasteiger partial charge in [0.2, 0.25) is 0 Å². The molecule has 0 fully saturated rings. The number of hydrogen-bond donors (Lipinski definition) is 3. The predicted octanol–water partition coefficient (Wildman–Crippen LogP) is 4.92. The van der Waals surface area contributed by atoms with Gasteiger partial charge in [0, 0.05) is 22.9 Å². The first-order valence-corrected chi connectivity index (χ1v) is 11.1. The molecule has 7 nitrogen and oxygen atoms in total. The smallest absolute Gasteiger partial charge is 0.121 e. The molecule has 32 heavy (non-hydrogen) atoms. The molecule has 2 aromatic heterocycles. The lowest BCUT2D eigenvalue weighted by atomic mass is 9.85. The highest BCUT2D eigenvalue weighted by Gasteiger charge is 2.25. The number of pyridine rings is 1.